The fourth-order valence-electron chi connectivity index (χ4n) is 3.86. The standard InChI is InChI=1S/C20H26N4O2/c1-15(25)24-18(11-17-12-21-14-23-17)19(26)22-13-20(9-5-6-10-20)16-7-3-2-4-8-16/h2-4,7-8,12,14,18H,5-6,9-11,13H2,1H3,(H,21,23)(H,22,26)(H,24,25)/t18-/m0/s1. The molecule has 26 heavy (non-hydrogen) atoms. The average Bonchev–Trinajstić information content (AvgIpc) is 3.32. The van der Waals surface area contributed by atoms with Gasteiger partial charge in [0, 0.05) is 37.2 Å². The highest BCUT2D eigenvalue weighted by Gasteiger charge is 2.36. The zero-order chi connectivity index (χ0) is 18.4. The van der Waals surface area contributed by atoms with Gasteiger partial charge in [0.2, 0.25) is 11.8 Å². The number of hydrogen-bond donors (Lipinski definition) is 3. The molecule has 1 atom stereocenters. The van der Waals surface area contributed by atoms with E-state index in [1.807, 2.05) is 6.07 Å². The Hall–Kier alpha value is -2.63. The van der Waals surface area contributed by atoms with Crippen molar-refractivity contribution in [2.45, 2.75) is 50.5 Å². The van der Waals surface area contributed by atoms with Gasteiger partial charge in [-0.1, -0.05) is 43.2 Å². The highest BCUT2D eigenvalue weighted by atomic mass is 16.2. The molecule has 2 aromatic rings. The number of carbonyl (C=O) groups excluding carboxylic acids is 2. The summed E-state index contributed by atoms with van der Waals surface area (Å²) in [6.45, 7) is 2.02. The molecule has 1 fully saturated rings. The van der Waals surface area contributed by atoms with Crippen LogP contribution in [0, 0.1) is 0 Å². The van der Waals surface area contributed by atoms with E-state index in [1.165, 1.54) is 25.3 Å². The van der Waals surface area contributed by atoms with Crippen LogP contribution in [-0.2, 0) is 21.4 Å². The quantitative estimate of drug-likeness (QED) is 0.711. The number of amides is 2. The van der Waals surface area contributed by atoms with E-state index in [9.17, 15) is 9.59 Å². The summed E-state index contributed by atoms with van der Waals surface area (Å²) < 4.78 is 0. The van der Waals surface area contributed by atoms with E-state index in [2.05, 4.69) is 44.9 Å². The molecule has 6 nitrogen and oxygen atoms in total. The molecule has 2 amide bonds. The lowest BCUT2D eigenvalue weighted by atomic mass is 9.79. The molecule has 0 spiro atoms. The number of aromatic amines is 1. The Morgan fingerprint density at radius 2 is 1.96 bits per heavy atom. The molecular weight excluding hydrogens is 328 g/mol. The highest BCUT2D eigenvalue weighted by Crippen LogP contribution is 2.40. The fraction of sp³-hybridized carbons (Fsp3) is 0.450. The smallest absolute Gasteiger partial charge is 0.243 e. The minimum atomic E-state index is -0.609. The first-order valence-corrected chi connectivity index (χ1v) is 9.17. The van der Waals surface area contributed by atoms with Gasteiger partial charge in [-0.2, -0.15) is 0 Å². The number of carbonyl (C=O) groups is 2. The van der Waals surface area contributed by atoms with Gasteiger partial charge in [-0.05, 0) is 18.4 Å². The van der Waals surface area contributed by atoms with Crippen molar-refractivity contribution < 1.29 is 9.59 Å². The van der Waals surface area contributed by atoms with E-state index < -0.39 is 6.04 Å². The van der Waals surface area contributed by atoms with Crippen LogP contribution in [0.5, 0.6) is 0 Å². The van der Waals surface area contributed by atoms with Gasteiger partial charge in [0.1, 0.15) is 6.04 Å². The number of hydrogen-bond acceptors (Lipinski definition) is 3. The second-order valence-corrected chi connectivity index (χ2v) is 7.11. The summed E-state index contributed by atoms with van der Waals surface area (Å²) in [5, 5.41) is 5.84. The zero-order valence-corrected chi connectivity index (χ0v) is 15.1. The second kappa shape index (κ2) is 8.17. The maximum atomic E-state index is 12.8. The number of rotatable bonds is 7. The molecule has 1 aliphatic carbocycles. The van der Waals surface area contributed by atoms with Gasteiger partial charge < -0.3 is 15.6 Å². The third-order valence-corrected chi connectivity index (χ3v) is 5.22. The summed E-state index contributed by atoms with van der Waals surface area (Å²) >= 11 is 0. The average molecular weight is 354 g/mol. The van der Waals surface area contributed by atoms with Crippen LogP contribution in [-0.4, -0.2) is 34.4 Å². The number of imidazole rings is 1. The summed E-state index contributed by atoms with van der Waals surface area (Å²) in [7, 11) is 0. The van der Waals surface area contributed by atoms with Crippen molar-refractivity contribution in [3.05, 3.63) is 54.1 Å². The Balaban J connectivity index is 1.69. The predicted octanol–water partition coefficient (Wildman–Crippen LogP) is 2.09. The van der Waals surface area contributed by atoms with Crippen LogP contribution in [0.1, 0.15) is 43.9 Å². The van der Waals surface area contributed by atoms with Gasteiger partial charge >= 0.3 is 0 Å². The van der Waals surface area contributed by atoms with Gasteiger partial charge in [0.15, 0.2) is 0 Å². The summed E-state index contributed by atoms with van der Waals surface area (Å²) in [6.07, 6.45) is 8.13. The van der Waals surface area contributed by atoms with Crippen LogP contribution in [0.25, 0.3) is 0 Å². The van der Waals surface area contributed by atoms with Crippen LogP contribution in [0.3, 0.4) is 0 Å². The first-order chi connectivity index (χ1) is 12.6. The number of nitrogens with one attached hydrogen (secondary N) is 3. The number of H-pyrrole nitrogens is 1. The lowest BCUT2D eigenvalue weighted by Crippen LogP contribution is -2.50. The van der Waals surface area contributed by atoms with Crippen LogP contribution in [0.2, 0.25) is 0 Å². The summed E-state index contributed by atoms with van der Waals surface area (Å²) in [4.78, 5) is 31.2. The molecule has 0 radical (unpaired) electrons. The van der Waals surface area contributed by atoms with Crippen LogP contribution < -0.4 is 10.6 Å². The Kier molecular flexibility index (Phi) is 5.71. The van der Waals surface area contributed by atoms with Gasteiger partial charge in [-0.3, -0.25) is 9.59 Å². The van der Waals surface area contributed by atoms with E-state index in [0.717, 1.165) is 18.5 Å². The lowest BCUT2D eigenvalue weighted by Gasteiger charge is -2.31. The maximum absolute atomic E-state index is 12.8. The molecule has 0 unspecified atom stereocenters. The molecule has 1 aromatic heterocycles. The Bertz CT molecular complexity index is 722. The molecule has 6 heteroatoms. The number of nitrogens with zero attached hydrogens (tertiary/aromatic N) is 1. The van der Waals surface area contributed by atoms with Crippen molar-refractivity contribution in [1.29, 1.82) is 0 Å². The van der Waals surface area contributed by atoms with Crippen molar-refractivity contribution in [3.63, 3.8) is 0 Å². The van der Waals surface area contributed by atoms with Crippen molar-refractivity contribution in [3.8, 4) is 0 Å². The third kappa shape index (κ3) is 4.31. The molecule has 3 rings (SSSR count). The topological polar surface area (TPSA) is 86.9 Å². The van der Waals surface area contributed by atoms with Crippen molar-refractivity contribution in [1.82, 2.24) is 20.6 Å². The molecule has 1 heterocycles. The van der Waals surface area contributed by atoms with Crippen LogP contribution >= 0.6 is 0 Å². The normalized spacial score (nSPS) is 16.8. The van der Waals surface area contributed by atoms with E-state index >= 15 is 0 Å². The number of aromatic nitrogens is 2. The van der Waals surface area contributed by atoms with Gasteiger partial charge in [-0.25, -0.2) is 4.98 Å². The molecule has 3 N–H and O–H groups in total. The minimum Gasteiger partial charge on any atom is -0.353 e. The molecule has 1 aliphatic rings. The number of benzene rings is 1. The fourth-order valence-corrected chi connectivity index (χ4v) is 3.86. The molecule has 0 bridgehead atoms. The SMILES string of the molecule is CC(=O)N[C@@H](Cc1cnc[nH]1)C(=O)NCC1(c2ccccc2)CCCC1. The minimum absolute atomic E-state index is 0.00825. The molecule has 0 aliphatic heterocycles. The Labute approximate surface area is 153 Å². The molecule has 0 saturated heterocycles. The van der Waals surface area contributed by atoms with E-state index in [4.69, 9.17) is 0 Å². The zero-order valence-electron chi connectivity index (χ0n) is 15.1. The van der Waals surface area contributed by atoms with Crippen LogP contribution in [0.4, 0.5) is 0 Å². The van der Waals surface area contributed by atoms with Crippen LogP contribution in [0.15, 0.2) is 42.9 Å². The van der Waals surface area contributed by atoms with Crippen molar-refractivity contribution in [2.75, 3.05) is 6.54 Å². The highest BCUT2D eigenvalue weighted by molar-refractivity contribution is 5.87. The lowest BCUT2D eigenvalue weighted by molar-refractivity contribution is -0.128. The van der Waals surface area contributed by atoms with Gasteiger partial charge in [-0.15, -0.1) is 0 Å². The first-order valence-electron chi connectivity index (χ1n) is 9.17. The van der Waals surface area contributed by atoms with E-state index in [-0.39, 0.29) is 17.2 Å². The summed E-state index contributed by atoms with van der Waals surface area (Å²) in [6, 6.07) is 9.80. The molecule has 138 valence electrons. The summed E-state index contributed by atoms with van der Waals surface area (Å²) in [5.74, 6) is -0.375. The summed E-state index contributed by atoms with van der Waals surface area (Å²) in [5.41, 5.74) is 2.09. The third-order valence-electron chi connectivity index (χ3n) is 5.22. The Morgan fingerprint density at radius 1 is 1.23 bits per heavy atom. The first kappa shape index (κ1) is 18.2. The maximum Gasteiger partial charge on any atom is 0.243 e. The van der Waals surface area contributed by atoms with Crippen molar-refractivity contribution >= 4 is 11.8 Å². The predicted molar refractivity (Wildman–Crippen MR) is 99.5 cm³/mol. The molecular formula is C20H26N4O2. The second-order valence-electron chi connectivity index (χ2n) is 7.11. The van der Waals surface area contributed by atoms with Gasteiger partial charge in [0.05, 0.1) is 6.33 Å². The van der Waals surface area contributed by atoms with Crippen molar-refractivity contribution in [2.24, 2.45) is 0 Å². The molecule has 1 aromatic carbocycles. The van der Waals surface area contributed by atoms with E-state index in [1.54, 1.807) is 12.5 Å². The largest absolute Gasteiger partial charge is 0.353 e. The Morgan fingerprint density at radius 3 is 2.58 bits per heavy atom. The van der Waals surface area contributed by atoms with E-state index in [0.29, 0.717) is 13.0 Å². The molecule has 1 saturated carbocycles. The monoisotopic (exact) mass is 354 g/mol. The van der Waals surface area contributed by atoms with Gasteiger partial charge in [0.25, 0.3) is 0 Å².